The maximum atomic E-state index is 11.7. The zero-order chi connectivity index (χ0) is 23.0. The summed E-state index contributed by atoms with van der Waals surface area (Å²) in [6.07, 6.45) is 2.87. The Bertz CT molecular complexity index is 1260. The first-order valence-electron chi connectivity index (χ1n) is 9.98. The second-order valence-corrected chi connectivity index (χ2v) is 9.85. The van der Waals surface area contributed by atoms with Crippen LogP contribution in [-0.4, -0.2) is 36.4 Å². The maximum Gasteiger partial charge on any atom is 0.229 e. The van der Waals surface area contributed by atoms with Crippen molar-refractivity contribution in [1.29, 1.82) is 0 Å². The largest absolute Gasteiger partial charge is 0.494 e. The predicted octanol–water partition coefficient (Wildman–Crippen LogP) is 3.29. The molecule has 0 spiro atoms. The minimum absolute atomic E-state index is 0.170. The molecular formula is C22H25N5O3S2. The van der Waals surface area contributed by atoms with Crippen LogP contribution in [-0.2, 0) is 17.1 Å². The van der Waals surface area contributed by atoms with Gasteiger partial charge in [-0.05, 0) is 55.5 Å². The monoisotopic (exact) mass is 471 g/mol. The molecule has 3 aromatic rings. The van der Waals surface area contributed by atoms with E-state index in [1.54, 1.807) is 18.3 Å². The number of nitrogens with zero attached hydrogens (tertiary/aromatic N) is 3. The molecule has 32 heavy (non-hydrogen) atoms. The number of nitrogens with one attached hydrogen (secondary N) is 2. The van der Waals surface area contributed by atoms with Crippen LogP contribution in [0.15, 0.2) is 54.7 Å². The van der Waals surface area contributed by atoms with E-state index in [0.717, 1.165) is 29.0 Å². The van der Waals surface area contributed by atoms with Gasteiger partial charge in [0.2, 0.25) is 10.0 Å². The number of hydrogen-bond donors (Lipinski definition) is 2. The average Bonchev–Trinajstić information content (AvgIpc) is 3.27. The highest BCUT2D eigenvalue weighted by Crippen LogP contribution is 2.43. The van der Waals surface area contributed by atoms with Gasteiger partial charge in [-0.25, -0.2) is 8.42 Å². The summed E-state index contributed by atoms with van der Waals surface area (Å²) in [7, 11) is 0.0819. The molecule has 2 atom stereocenters. The topological polar surface area (TPSA) is 88.5 Å². The molecule has 2 unspecified atom stereocenters. The summed E-state index contributed by atoms with van der Waals surface area (Å²) in [5.41, 5.74) is 4.22. The number of aromatic nitrogens is 2. The first-order chi connectivity index (χ1) is 15.2. The van der Waals surface area contributed by atoms with E-state index in [2.05, 4.69) is 38.6 Å². The lowest BCUT2D eigenvalue weighted by molar-refractivity contribution is 0.417. The summed E-state index contributed by atoms with van der Waals surface area (Å²) >= 11 is 5.75. The molecule has 8 nitrogen and oxygen atoms in total. The number of thiocarbonyl (C=S) groups is 1. The molecule has 1 fully saturated rings. The van der Waals surface area contributed by atoms with Crippen molar-refractivity contribution in [3.63, 3.8) is 0 Å². The van der Waals surface area contributed by atoms with Crippen molar-refractivity contribution >= 4 is 38.7 Å². The van der Waals surface area contributed by atoms with Gasteiger partial charge >= 0.3 is 0 Å². The summed E-state index contributed by atoms with van der Waals surface area (Å²) in [6.45, 7) is 2.05. The zero-order valence-electron chi connectivity index (χ0n) is 18.2. The van der Waals surface area contributed by atoms with Crippen LogP contribution in [0.25, 0.3) is 0 Å². The van der Waals surface area contributed by atoms with Crippen LogP contribution < -0.4 is 19.7 Å². The molecule has 0 amide bonds. The lowest BCUT2D eigenvalue weighted by Gasteiger charge is -2.29. The second kappa shape index (κ2) is 8.44. The van der Waals surface area contributed by atoms with E-state index >= 15 is 0 Å². The van der Waals surface area contributed by atoms with E-state index in [1.807, 2.05) is 36.2 Å². The third kappa shape index (κ3) is 4.15. The minimum Gasteiger partial charge on any atom is -0.494 e. The number of sulfonamides is 1. The highest BCUT2D eigenvalue weighted by Gasteiger charge is 2.42. The molecule has 0 radical (unpaired) electrons. The van der Waals surface area contributed by atoms with Gasteiger partial charge in [0.05, 0.1) is 30.8 Å². The van der Waals surface area contributed by atoms with Crippen LogP contribution in [0.2, 0.25) is 0 Å². The molecule has 2 aromatic heterocycles. The van der Waals surface area contributed by atoms with Crippen LogP contribution in [0.5, 0.6) is 5.75 Å². The maximum absolute atomic E-state index is 11.7. The molecule has 4 rings (SSSR count). The molecule has 1 saturated heterocycles. The van der Waals surface area contributed by atoms with Crippen LogP contribution in [0.1, 0.15) is 29.2 Å². The number of pyridine rings is 1. The molecule has 10 heteroatoms. The Morgan fingerprint density at radius 2 is 1.97 bits per heavy atom. The van der Waals surface area contributed by atoms with Crippen LogP contribution >= 0.6 is 12.2 Å². The average molecular weight is 472 g/mol. The number of methoxy groups -OCH3 is 1. The summed E-state index contributed by atoms with van der Waals surface area (Å²) in [6, 6.07) is 14.9. The normalized spacial score (nSPS) is 18.5. The predicted molar refractivity (Wildman–Crippen MR) is 130 cm³/mol. The van der Waals surface area contributed by atoms with Crippen molar-refractivity contribution in [1.82, 2.24) is 14.9 Å². The summed E-state index contributed by atoms with van der Waals surface area (Å²) in [5.74, 6) is 0.402. The number of aryl methyl sites for hydroxylation is 1. The number of benzene rings is 1. The smallest absolute Gasteiger partial charge is 0.229 e. The summed E-state index contributed by atoms with van der Waals surface area (Å²) in [4.78, 5) is 6.59. The van der Waals surface area contributed by atoms with Gasteiger partial charge in [0.25, 0.3) is 0 Å². The highest BCUT2D eigenvalue weighted by atomic mass is 32.2. The standard InChI is InChI=1S/C22H25N5O3S2/c1-14-8-11-18(26(14)2)21-20(17-7-5-6-12-23-17)24-22(31)27(21)15-9-10-16(19(13-15)30-3)25-32(4,28)29/h5-13,20-21,25H,1-4H3,(H,24,31). The second-order valence-electron chi connectivity index (χ2n) is 7.71. The number of anilines is 2. The molecule has 0 saturated carbocycles. The lowest BCUT2D eigenvalue weighted by Crippen LogP contribution is -2.30. The van der Waals surface area contributed by atoms with Crippen molar-refractivity contribution in [3.8, 4) is 5.75 Å². The Balaban J connectivity index is 1.83. The summed E-state index contributed by atoms with van der Waals surface area (Å²) < 4.78 is 33.5. The van der Waals surface area contributed by atoms with Gasteiger partial charge in [-0.15, -0.1) is 0 Å². The molecule has 0 aliphatic carbocycles. The molecule has 1 aliphatic heterocycles. The molecule has 3 heterocycles. The quantitative estimate of drug-likeness (QED) is 0.534. The van der Waals surface area contributed by atoms with Crippen molar-refractivity contribution < 1.29 is 13.2 Å². The fraction of sp³-hybridized carbons (Fsp3) is 0.273. The van der Waals surface area contributed by atoms with Crippen LogP contribution in [0, 0.1) is 6.92 Å². The third-order valence-corrected chi connectivity index (χ3v) is 6.48. The Labute approximate surface area is 193 Å². The molecule has 168 valence electrons. The van der Waals surface area contributed by atoms with E-state index < -0.39 is 10.0 Å². The Kier molecular flexibility index (Phi) is 5.83. The third-order valence-electron chi connectivity index (χ3n) is 5.57. The Morgan fingerprint density at radius 1 is 1.19 bits per heavy atom. The first kappa shape index (κ1) is 22.1. The van der Waals surface area contributed by atoms with E-state index in [0.29, 0.717) is 16.5 Å². The highest BCUT2D eigenvalue weighted by molar-refractivity contribution is 7.92. The van der Waals surface area contributed by atoms with E-state index in [1.165, 1.54) is 7.11 Å². The van der Waals surface area contributed by atoms with Gasteiger partial charge in [-0.1, -0.05) is 6.07 Å². The van der Waals surface area contributed by atoms with E-state index in [-0.39, 0.29) is 12.1 Å². The molecular weight excluding hydrogens is 446 g/mol. The fourth-order valence-corrected chi connectivity index (χ4v) is 4.89. The molecule has 1 aliphatic rings. The van der Waals surface area contributed by atoms with Gasteiger partial charge < -0.3 is 19.5 Å². The van der Waals surface area contributed by atoms with Gasteiger partial charge in [-0.3, -0.25) is 9.71 Å². The van der Waals surface area contributed by atoms with Crippen LogP contribution in [0.3, 0.4) is 0 Å². The molecule has 0 bridgehead atoms. The molecule has 1 aromatic carbocycles. The minimum atomic E-state index is -3.45. The van der Waals surface area contributed by atoms with Crippen molar-refractivity contribution in [2.24, 2.45) is 7.05 Å². The Hall–Kier alpha value is -3.11. The Morgan fingerprint density at radius 3 is 2.56 bits per heavy atom. The van der Waals surface area contributed by atoms with E-state index in [4.69, 9.17) is 17.0 Å². The van der Waals surface area contributed by atoms with E-state index in [9.17, 15) is 8.42 Å². The first-order valence-corrected chi connectivity index (χ1v) is 12.3. The fourth-order valence-electron chi connectivity index (χ4n) is 3.98. The number of hydrogen-bond acceptors (Lipinski definition) is 5. The van der Waals surface area contributed by atoms with Crippen molar-refractivity contribution in [2.75, 3.05) is 23.0 Å². The van der Waals surface area contributed by atoms with Crippen LogP contribution in [0.4, 0.5) is 11.4 Å². The molecule has 2 N–H and O–H groups in total. The number of ether oxygens (including phenoxy) is 1. The van der Waals surface area contributed by atoms with Crippen molar-refractivity contribution in [2.45, 2.75) is 19.0 Å². The van der Waals surface area contributed by atoms with Gasteiger partial charge in [0, 0.05) is 36.4 Å². The lowest BCUT2D eigenvalue weighted by atomic mass is 10.0. The van der Waals surface area contributed by atoms with Gasteiger partial charge in [-0.2, -0.15) is 0 Å². The number of rotatable bonds is 6. The van der Waals surface area contributed by atoms with Gasteiger partial charge in [0.1, 0.15) is 11.8 Å². The zero-order valence-corrected chi connectivity index (χ0v) is 19.9. The van der Waals surface area contributed by atoms with Crippen molar-refractivity contribution in [3.05, 3.63) is 71.8 Å². The summed E-state index contributed by atoms with van der Waals surface area (Å²) in [5, 5.41) is 3.97. The van der Waals surface area contributed by atoms with Gasteiger partial charge in [0.15, 0.2) is 5.11 Å². The SMILES string of the molecule is COc1cc(N2C(=S)NC(c3ccccn3)C2c2ccc(C)n2C)ccc1NS(C)(=O)=O.